The maximum atomic E-state index is 13.0. The molecule has 2 N–H and O–H groups in total. The Morgan fingerprint density at radius 3 is 2.41 bits per heavy atom. The van der Waals surface area contributed by atoms with Crippen LogP contribution in [0.3, 0.4) is 0 Å². The largest absolute Gasteiger partial charge is 0.321 e. The van der Waals surface area contributed by atoms with E-state index in [-0.39, 0.29) is 16.4 Å². The third kappa shape index (κ3) is 5.27. The van der Waals surface area contributed by atoms with Gasteiger partial charge in [-0.15, -0.1) is 0 Å². The van der Waals surface area contributed by atoms with E-state index in [1.165, 1.54) is 35.0 Å². The van der Waals surface area contributed by atoms with Gasteiger partial charge in [-0.05, 0) is 69.3 Å². The van der Waals surface area contributed by atoms with Crippen LogP contribution in [0.25, 0.3) is 5.69 Å². The third-order valence-corrected chi connectivity index (χ3v) is 5.51. The molecule has 9 heteroatoms. The highest BCUT2D eigenvalue weighted by Gasteiger charge is 2.22. The molecule has 0 radical (unpaired) electrons. The highest BCUT2D eigenvalue weighted by molar-refractivity contribution is 7.89. The molecule has 0 saturated carbocycles. The lowest BCUT2D eigenvalue weighted by atomic mass is 10.1. The summed E-state index contributed by atoms with van der Waals surface area (Å²) in [6, 6.07) is 13.2. The fraction of sp³-hybridized carbons (Fsp3) is 0.200. The van der Waals surface area contributed by atoms with Crippen LogP contribution in [0, 0.1) is 5.82 Å². The Bertz CT molecular complexity index is 1130. The minimum atomic E-state index is -3.73. The van der Waals surface area contributed by atoms with Crippen molar-refractivity contribution >= 4 is 21.6 Å². The molecule has 0 aliphatic heterocycles. The van der Waals surface area contributed by atoms with Crippen molar-refractivity contribution in [3.8, 4) is 5.69 Å². The number of amides is 1. The first-order valence-electron chi connectivity index (χ1n) is 8.80. The Balaban J connectivity index is 1.77. The molecule has 0 saturated heterocycles. The summed E-state index contributed by atoms with van der Waals surface area (Å²) < 4.78 is 42.0. The van der Waals surface area contributed by atoms with Crippen molar-refractivity contribution in [2.45, 2.75) is 31.2 Å². The molecular weight excluding hydrogens is 395 g/mol. The van der Waals surface area contributed by atoms with Crippen LogP contribution in [-0.2, 0) is 10.0 Å². The van der Waals surface area contributed by atoms with Gasteiger partial charge in [0, 0.05) is 17.4 Å². The Morgan fingerprint density at radius 1 is 1.07 bits per heavy atom. The zero-order chi connectivity index (χ0) is 21.2. The molecule has 152 valence electrons. The number of anilines is 1. The zero-order valence-electron chi connectivity index (χ0n) is 16.2. The quantitative estimate of drug-likeness (QED) is 0.667. The second-order valence-electron chi connectivity index (χ2n) is 7.46. The number of rotatable bonds is 5. The molecule has 0 aliphatic rings. The summed E-state index contributed by atoms with van der Waals surface area (Å²) in [6.07, 6.45) is 1.58. The summed E-state index contributed by atoms with van der Waals surface area (Å²) in [5, 5.41) is 6.82. The molecular formula is C20H21FN4O3S. The molecule has 3 aromatic rings. The molecule has 0 bridgehead atoms. The number of carbonyl (C=O) groups is 1. The normalized spacial score (nSPS) is 12.0. The monoisotopic (exact) mass is 416 g/mol. The van der Waals surface area contributed by atoms with Gasteiger partial charge in [-0.2, -0.15) is 5.10 Å². The second-order valence-corrected chi connectivity index (χ2v) is 9.14. The van der Waals surface area contributed by atoms with Crippen LogP contribution in [-0.4, -0.2) is 29.6 Å². The molecule has 2 aromatic carbocycles. The van der Waals surface area contributed by atoms with Crippen molar-refractivity contribution < 1.29 is 17.6 Å². The van der Waals surface area contributed by atoms with E-state index in [4.69, 9.17) is 0 Å². The summed E-state index contributed by atoms with van der Waals surface area (Å²) >= 11 is 0. The van der Waals surface area contributed by atoms with Crippen LogP contribution in [0.15, 0.2) is 65.7 Å². The highest BCUT2D eigenvalue weighted by atomic mass is 32.2. The lowest BCUT2D eigenvalue weighted by Crippen LogP contribution is -2.40. The Hall–Kier alpha value is -3.04. The molecule has 7 nitrogen and oxygen atoms in total. The van der Waals surface area contributed by atoms with Gasteiger partial charge in [-0.3, -0.25) is 4.79 Å². The number of benzene rings is 2. The van der Waals surface area contributed by atoms with E-state index in [0.29, 0.717) is 11.4 Å². The van der Waals surface area contributed by atoms with E-state index >= 15 is 0 Å². The molecule has 0 fully saturated rings. The lowest BCUT2D eigenvalue weighted by Gasteiger charge is -2.20. The van der Waals surface area contributed by atoms with Gasteiger partial charge in [0.1, 0.15) is 5.82 Å². The van der Waals surface area contributed by atoms with E-state index in [0.717, 1.165) is 0 Å². The van der Waals surface area contributed by atoms with Gasteiger partial charge in [0.15, 0.2) is 5.69 Å². The van der Waals surface area contributed by atoms with Crippen LogP contribution < -0.4 is 10.0 Å². The molecule has 1 heterocycles. The Kier molecular flexibility index (Phi) is 5.54. The number of sulfonamides is 1. The van der Waals surface area contributed by atoms with Gasteiger partial charge >= 0.3 is 0 Å². The van der Waals surface area contributed by atoms with Crippen LogP contribution >= 0.6 is 0 Å². The maximum Gasteiger partial charge on any atom is 0.276 e. The predicted octanol–water partition coefficient (Wildman–Crippen LogP) is 3.34. The number of aromatic nitrogens is 2. The van der Waals surface area contributed by atoms with Gasteiger partial charge in [0.25, 0.3) is 5.91 Å². The van der Waals surface area contributed by atoms with E-state index in [9.17, 15) is 17.6 Å². The second kappa shape index (κ2) is 7.76. The van der Waals surface area contributed by atoms with Crippen molar-refractivity contribution in [1.82, 2.24) is 14.5 Å². The van der Waals surface area contributed by atoms with Crippen molar-refractivity contribution in [2.24, 2.45) is 0 Å². The van der Waals surface area contributed by atoms with Crippen molar-refractivity contribution in [2.75, 3.05) is 5.32 Å². The summed E-state index contributed by atoms with van der Waals surface area (Å²) in [5.74, 6) is -0.862. The van der Waals surface area contributed by atoms with Gasteiger partial charge in [-0.1, -0.05) is 6.07 Å². The summed E-state index contributed by atoms with van der Waals surface area (Å²) in [5.41, 5.74) is 0.427. The summed E-state index contributed by atoms with van der Waals surface area (Å²) in [6.45, 7) is 5.23. The smallest absolute Gasteiger partial charge is 0.276 e. The van der Waals surface area contributed by atoms with Crippen molar-refractivity contribution in [3.05, 3.63) is 72.3 Å². The predicted molar refractivity (Wildman–Crippen MR) is 108 cm³/mol. The number of hydrogen-bond donors (Lipinski definition) is 2. The standard InChI is InChI=1S/C20H21FN4O3S/c1-20(2,3)24-29(27,28)17-6-4-5-15(13-17)22-19(26)18-11-12-25(23-18)16-9-7-14(21)8-10-16/h4-13,24H,1-3H3,(H,22,26). The molecule has 0 spiro atoms. The van der Waals surface area contributed by atoms with Crippen LogP contribution in [0.2, 0.25) is 0 Å². The molecule has 0 aliphatic carbocycles. The lowest BCUT2D eigenvalue weighted by molar-refractivity contribution is 0.102. The summed E-state index contributed by atoms with van der Waals surface area (Å²) in [4.78, 5) is 12.5. The van der Waals surface area contributed by atoms with E-state index in [1.807, 2.05) is 0 Å². The number of hydrogen-bond acceptors (Lipinski definition) is 4. The first-order chi connectivity index (χ1) is 13.5. The minimum Gasteiger partial charge on any atom is -0.321 e. The van der Waals surface area contributed by atoms with Crippen LogP contribution in [0.4, 0.5) is 10.1 Å². The topological polar surface area (TPSA) is 93.1 Å². The maximum absolute atomic E-state index is 13.0. The van der Waals surface area contributed by atoms with Gasteiger partial charge in [-0.25, -0.2) is 22.2 Å². The van der Waals surface area contributed by atoms with Crippen molar-refractivity contribution in [3.63, 3.8) is 0 Å². The highest BCUT2D eigenvalue weighted by Crippen LogP contribution is 2.18. The molecule has 1 amide bonds. The zero-order valence-corrected chi connectivity index (χ0v) is 17.0. The number of halogens is 1. The van der Waals surface area contributed by atoms with Crippen LogP contribution in [0.5, 0.6) is 0 Å². The Morgan fingerprint density at radius 2 is 1.76 bits per heavy atom. The number of nitrogens with zero attached hydrogens (tertiary/aromatic N) is 2. The fourth-order valence-electron chi connectivity index (χ4n) is 2.58. The fourth-order valence-corrected chi connectivity index (χ4v) is 4.04. The first-order valence-corrected chi connectivity index (χ1v) is 10.3. The first kappa shape index (κ1) is 20.7. The summed E-state index contributed by atoms with van der Waals surface area (Å²) in [7, 11) is -3.73. The minimum absolute atomic E-state index is 0.0436. The van der Waals surface area contributed by atoms with E-state index in [2.05, 4.69) is 15.1 Å². The van der Waals surface area contributed by atoms with Gasteiger partial charge < -0.3 is 5.32 Å². The molecule has 0 atom stereocenters. The molecule has 0 unspecified atom stereocenters. The van der Waals surface area contributed by atoms with Gasteiger partial charge in [0.05, 0.1) is 10.6 Å². The van der Waals surface area contributed by atoms with Crippen LogP contribution in [0.1, 0.15) is 31.3 Å². The number of carbonyl (C=O) groups excluding carboxylic acids is 1. The average Bonchev–Trinajstić information content (AvgIpc) is 3.11. The number of nitrogens with one attached hydrogen (secondary N) is 2. The van der Waals surface area contributed by atoms with Gasteiger partial charge in [0.2, 0.25) is 10.0 Å². The van der Waals surface area contributed by atoms with Crippen molar-refractivity contribution in [1.29, 1.82) is 0 Å². The Labute approximate surface area is 168 Å². The molecule has 3 rings (SSSR count). The molecule has 1 aromatic heterocycles. The molecule has 29 heavy (non-hydrogen) atoms. The average molecular weight is 416 g/mol. The van der Waals surface area contributed by atoms with E-state index in [1.54, 1.807) is 51.2 Å². The SMILES string of the molecule is CC(C)(C)NS(=O)(=O)c1cccc(NC(=O)c2ccn(-c3ccc(F)cc3)n2)c1. The third-order valence-electron chi connectivity index (χ3n) is 3.76. The van der Waals surface area contributed by atoms with E-state index < -0.39 is 21.5 Å².